The van der Waals surface area contributed by atoms with E-state index in [0.29, 0.717) is 0 Å². The van der Waals surface area contributed by atoms with Crippen LogP contribution in [0.5, 0.6) is 0 Å². The molecule has 24 heavy (non-hydrogen) atoms. The maximum Gasteiger partial charge on any atom is 0.238 e. The summed E-state index contributed by atoms with van der Waals surface area (Å²) >= 11 is 0. The molecule has 0 aromatic heterocycles. The van der Waals surface area contributed by atoms with Crippen molar-refractivity contribution in [3.05, 3.63) is 53.6 Å². The molecule has 0 bridgehead atoms. The lowest BCUT2D eigenvalue weighted by Crippen LogP contribution is -2.18. The van der Waals surface area contributed by atoms with Crippen LogP contribution in [0.15, 0.2) is 47.4 Å². The Bertz CT molecular complexity index is 820. The molecule has 3 N–H and O–H groups in total. The van der Waals surface area contributed by atoms with E-state index >= 15 is 0 Å². The van der Waals surface area contributed by atoms with E-state index in [-0.39, 0.29) is 16.9 Å². The summed E-state index contributed by atoms with van der Waals surface area (Å²) in [7, 11) is -3.73. The van der Waals surface area contributed by atoms with E-state index in [1.807, 2.05) is 13.0 Å². The minimum Gasteiger partial charge on any atom is -0.393 e. The first kappa shape index (κ1) is 17.1. The average Bonchev–Trinajstić information content (AvgIpc) is 2.55. The topological polar surface area (TPSA) is 80.4 Å². The summed E-state index contributed by atoms with van der Waals surface area (Å²) in [4.78, 5) is 0.152. The zero-order valence-corrected chi connectivity index (χ0v) is 14.6. The van der Waals surface area contributed by atoms with Gasteiger partial charge in [-0.25, -0.2) is 13.6 Å². The van der Waals surface area contributed by atoms with Crippen LogP contribution in [0.3, 0.4) is 0 Å². The van der Waals surface area contributed by atoms with Gasteiger partial charge in [0.25, 0.3) is 0 Å². The second-order valence-electron chi connectivity index (χ2n) is 6.67. The second kappa shape index (κ2) is 6.67. The van der Waals surface area contributed by atoms with Crippen molar-refractivity contribution in [1.82, 2.24) is 0 Å². The molecule has 2 aromatic carbocycles. The Labute approximate surface area is 143 Å². The first-order chi connectivity index (χ1) is 11.3. The fourth-order valence-corrected chi connectivity index (χ4v) is 3.99. The molecule has 0 amide bonds. The summed E-state index contributed by atoms with van der Waals surface area (Å²) in [5.74, 6) is 0.242. The van der Waals surface area contributed by atoms with Crippen LogP contribution in [-0.4, -0.2) is 19.6 Å². The van der Waals surface area contributed by atoms with E-state index in [0.717, 1.165) is 42.4 Å². The molecule has 0 radical (unpaired) electrons. The smallest absolute Gasteiger partial charge is 0.238 e. The van der Waals surface area contributed by atoms with Crippen molar-refractivity contribution in [2.45, 2.75) is 49.5 Å². The van der Waals surface area contributed by atoms with E-state index in [2.05, 4.69) is 24.3 Å². The van der Waals surface area contributed by atoms with Gasteiger partial charge in [0.1, 0.15) is 0 Å². The van der Waals surface area contributed by atoms with Crippen molar-refractivity contribution < 1.29 is 13.5 Å². The summed E-state index contributed by atoms with van der Waals surface area (Å²) in [5, 5.41) is 15.1. The van der Waals surface area contributed by atoms with Crippen LogP contribution in [-0.2, 0) is 10.0 Å². The van der Waals surface area contributed by atoms with Gasteiger partial charge < -0.3 is 5.11 Å². The Morgan fingerprint density at radius 1 is 1.00 bits per heavy atom. The number of nitrogens with two attached hydrogens (primary N) is 1. The van der Waals surface area contributed by atoms with Gasteiger partial charge in [-0.3, -0.25) is 0 Å². The first-order valence-corrected chi connectivity index (χ1v) is 9.81. The number of aliphatic hydroxyl groups is 1. The second-order valence-corrected chi connectivity index (χ2v) is 8.23. The molecular weight excluding hydrogens is 322 g/mol. The van der Waals surface area contributed by atoms with Crippen molar-refractivity contribution in [3.63, 3.8) is 0 Å². The first-order valence-electron chi connectivity index (χ1n) is 8.26. The number of aliphatic hydroxyl groups excluding tert-OH is 1. The number of benzene rings is 2. The molecule has 0 aliphatic heterocycles. The monoisotopic (exact) mass is 345 g/mol. The van der Waals surface area contributed by atoms with E-state index in [9.17, 15) is 13.5 Å². The molecule has 0 atom stereocenters. The minimum absolute atomic E-state index is 0.152. The molecule has 3 rings (SSSR count). The van der Waals surface area contributed by atoms with E-state index < -0.39 is 10.0 Å². The summed E-state index contributed by atoms with van der Waals surface area (Å²) in [6, 6.07) is 13.4. The fraction of sp³-hybridized carbons (Fsp3) is 0.368. The summed E-state index contributed by atoms with van der Waals surface area (Å²) < 4.78 is 23.5. The third-order valence-corrected chi connectivity index (χ3v) is 5.76. The number of primary sulfonamides is 1. The van der Waals surface area contributed by atoms with Crippen molar-refractivity contribution in [1.29, 1.82) is 0 Å². The van der Waals surface area contributed by atoms with Gasteiger partial charge >= 0.3 is 0 Å². The van der Waals surface area contributed by atoms with Gasteiger partial charge in [0.15, 0.2) is 0 Å². The van der Waals surface area contributed by atoms with E-state index in [1.54, 1.807) is 12.1 Å². The number of hydrogen-bond acceptors (Lipinski definition) is 3. The Kier molecular flexibility index (Phi) is 4.76. The van der Waals surface area contributed by atoms with Crippen LogP contribution >= 0.6 is 0 Å². The van der Waals surface area contributed by atoms with Crippen LogP contribution in [0.2, 0.25) is 0 Å². The Morgan fingerprint density at radius 2 is 1.62 bits per heavy atom. The lowest BCUT2D eigenvalue weighted by Gasteiger charge is -2.28. The highest BCUT2D eigenvalue weighted by molar-refractivity contribution is 7.89. The average molecular weight is 345 g/mol. The number of aryl methyl sites for hydroxylation is 1. The molecule has 4 nitrogen and oxygen atoms in total. The molecule has 128 valence electrons. The van der Waals surface area contributed by atoms with Gasteiger partial charge in [-0.15, -0.1) is 0 Å². The van der Waals surface area contributed by atoms with Crippen molar-refractivity contribution in [2.24, 2.45) is 5.14 Å². The maximum absolute atomic E-state index is 11.8. The zero-order valence-electron chi connectivity index (χ0n) is 13.8. The number of hydrogen-bond donors (Lipinski definition) is 2. The molecular formula is C19H23NO3S. The Balaban J connectivity index is 2.09. The predicted molar refractivity (Wildman–Crippen MR) is 95.2 cm³/mol. The Morgan fingerprint density at radius 3 is 2.21 bits per heavy atom. The molecule has 0 saturated heterocycles. The SMILES string of the molecule is Cc1ccc(-c2ccc(S(N)(=O)=O)cc2C2CCC(O)CC2)cc1. The van der Waals surface area contributed by atoms with Crippen LogP contribution in [0.25, 0.3) is 11.1 Å². The van der Waals surface area contributed by atoms with Gasteiger partial charge in [0.05, 0.1) is 11.0 Å². The molecule has 0 spiro atoms. The van der Waals surface area contributed by atoms with Crippen molar-refractivity contribution in [3.8, 4) is 11.1 Å². The number of rotatable bonds is 3. The van der Waals surface area contributed by atoms with Crippen LogP contribution in [0.4, 0.5) is 0 Å². The van der Waals surface area contributed by atoms with Gasteiger partial charge in [-0.1, -0.05) is 35.9 Å². The fourth-order valence-electron chi connectivity index (χ4n) is 3.44. The van der Waals surface area contributed by atoms with Crippen LogP contribution in [0.1, 0.15) is 42.7 Å². The summed E-state index contributed by atoms with van der Waals surface area (Å²) in [5.41, 5.74) is 4.31. The van der Waals surface area contributed by atoms with E-state index in [4.69, 9.17) is 5.14 Å². The third-order valence-electron chi connectivity index (χ3n) is 4.85. The highest BCUT2D eigenvalue weighted by Crippen LogP contribution is 2.39. The molecule has 1 saturated carbocycles. The van der Waals surface area contributed by atoms with Crippen molar-refractivity contribution in [2.75, 3.05) is 0 Å². The van der Waals surface area contributed by atoms with Crippen LogP contribution < -0.4 is 5.14 Å². The molecule has 1 aliphatic rings. The molecule has 2 aromatic rings. The van der Waals surface area contributed by atoms with Crippen LogP contribution in [0, 0.1) is 6.92 Å². The maximum atomic E-state index is 11.8. The molecule has 0 heterocycles. The van der Waals surface area contributed by atoms with Gasteiger partial charge in [-0.2, -0.15) is 0 Å². The number of sulfonamides is 1. The zero-order chi connectivity index (χ0) is 17.3. The van der Waals surface area contributed by atoms with Gasteiger partial charge in [0.2, 0.25) is 10.0 Å². The standard InChI is InChI=1S/C19H23NO3S/c1-13-2-4-14(5-3-13)18-11-10-17(24(20,22)23)12-19(18)15-6-8-16(21)9-7-15/h2-5,10-12,15-16,21H,6-9H2,1H3,(H2,20,22,23). The molecule has 0 unspecified atom stereocenters. The molecule has 1 aliphatic carbocycles. The largest absolute Gasteiger partial charge is 0.393 e. The minimum atomic E-state index is -3.73. The molecule has 5 heteroatoms. The normalized spacial score (nSPS) is 21.6. The molecule has 1 fully saturated rings. The lowest BCUT2D eigenvalue weighted by atomic mass is 9.80. The predicted octanol–water partition coefficient (Wildman–Crippen LogP) is 3.33. The van der Waals surface area contributed by atoms with Crippen molar-refractivity contribution >= 4 is 10.0 Å². The highest BCUT2D eigenvalue weighted by Gasteiger charge is 2.24. The quantitative estimate of drug-likeness (QED) is 0.895. The van der Waals surface area contributed by atoms with Gasteiger partial charge in [0, 0.05) is 0 Å². The Hall–Kier alpha value is -1.69. The summed E-state index contributed by atoms with van der Waals surface area (Å²) in [6.07, 6.45) is 2.96. The highest BCUT2D eigenvalue weighted by atomic mass is 32.2. The lowest BCUT2D eigenvalue weighted by molar-refractivity contribution is 0.122. The summed E-state index contributed by atoms with van der Waals surface area (Å²) in [6.45, 7) is 2.04. The third kappa shape index (κ3) is 3.69. The van der Waals surface area contributed by atoms with E-state index in [1.165, 1.54) is 5.56 Å². The van der Waals surface area contributed by atoms with Gasteiger partial charge in [-0.05, 0) is 67.3 Å².